The number of unbranched alkanes of at least 4 members (excludes halogenated alkanes) is 21. The second-order valence-corrected chi connectivity index (χ2v) is 15.2. The fourth-order valence-electron chi connectivity index (χ4n) is 6.05. The Bertz CT molecular complexity index is 734. The van der Waals surface area contributed by atoms with E-state index in [2.05, 4.69) is 34.6 Å². The van der Waals surface area contributed by atoms with E-state index in [9.17, 15) is 14.4 Å². The van der Waals surface area contributed by atoms with Crippen LogP contribution in [-0.2, 0) is 28.6 Å². The molecule has 0 spiro atoms. The Labute approximate surface area is 298 Å². The van der Waals surface area contributed by atoms with Crippen molar-refractivity contribution >= 4 is 17.9 Å². The van der Waals surface area contributed by atoms with Gasteiger partial charge in [-0.25, -0.2) is 0 Å². The molecule has 1 atom stereocenters. The molecule has 0 aliphatic rings. The summed E-state index contributed by atoms with van der Waals surface area (Å²) >= 11 is 0. The summed E-state index contributed by atoms with van der Waals surface area (Å²) in [6.45, 7) is 11.2. The number of hydrogen-bond acceptors (Lipinski definition) is 6. The van der Waals surface area contributed by atoms with Crippen molar-refractivity contribution in [2.45, 2.75) is 227 Å². The molecule has 0 N–H and O–H groups in total. The highest BCUT2D eigenvalue weighted by Gasteiger charge is 2.19. The number of carbonyl (C=O) groups is 3. The monoisotopic (exact) mass is 681 g/mol. The number of rotatable bonds is 36. The van der Waals surface area contributed by atoms with E-state index < -0.39 is 6.10 Å². The lowest BCUT2D eigenvalue weighted by Gasteiger charge is -2.18. The average molecular weight is 681 g/mol. The number of ether oxygens (including phenoxy) is 3. The van der Waals surface area contributed by atoms with Gasteiger partial charge in [-0.05, 0) is 31.1 Å². The van der Waals surface area contributed by atoms with E-state index in [1.165, 1.54) is 103 Å². The van der Waals surface area contributed by atoms with Crippen LogP contribution in [0, 0.1) is 11.8 Å². The molecule has 0 unspecified atom stereocenters. The van der Waals surface area contributed by atoms with Crippen LogP contribution in [0.3, 0.4) is 0 Å². The van der Waals surface area contributed by atoms with Gasteiger partial charge < -0.3 is 14.2 Å². The van der Waals surface area contributed by atoms with Gasteiger partial charge in [0.2, 0.25) is 0 Å². The summed E-state index contributed by atoms with van der Waals surface area (Å²) in [5, 5.41) is 0. The summed E-state index contributed by atoms with van der Waals surface area (Å²) in [5.41, 5.74) is 0. The standard InChI is InChI=1S/C42H80O6/c1-6-7-8-20-27-32-40(43)46-35-39(48-42(45)34-29-24-19-15-17-22-26-31-38(4)5)36-47-41(44)33-28-23-18-14-12-10-9-11-13-16-21-25-30-37(2)3/h37-39H,6-36H2,1-5H3/t39-/m0/s1. The van der Waals surface area contributed by atoms with Gasteiger partial charge in [-0.15, -0.1) is 0 Å². The maximum Gasteiger partial charge on any atom is 0.306 e. The molecule has 0 bridgehead atoms. The summed E-state index contributed by atoms with van der Waals surface area (Å²) in [6, 6.07) is 0. The van der Waals surface area contributed by atoms with Crippen LogP contribution in [-0.4, -0.2) is 37.2 Å². The third-order valence-corrected chi connectivity index (χ3v) is 9.22. The molecule has 0 amide bonds. The topological polar surface area (TPSA) is 78.9 Å². The lowest BCUT2D eigenvalue weighted by Crippen LogP contribution is -2.30. The molecule has 0 aromatic heterocycles. The van der Waals surface area contributed by atoms with Gasteiger partial charge in [0.05, 0.1) is 0 Å². The minimum atomic E-state index is -0.758. The highest BCUT2D eigenvalue weighted by Crippen LogP contribution is 2.16. The van der Waals surface area contributed by atoms with E-state index in [4.69, 9.17) is 14.2 Å². The van der Waals surface area contributed by atoms with Crippen LogP contribution >= 0.6 is 0 Å². The molecule has 6 nitrogen and oxygen atoms in total. The molecule has 284 valence electrons. The molecule has 0 aromatic rings. The predicted molar refractivity (Wildman–Crippen MR) is 201 cm³/mol. The van der Waals surface area contributed by atoms with Crippen LogP contribution in [0.15, 0.2) is 0 Å². The van der Waals surface area contributed by atoms with Crippen molar-refractivity contribution in [1.29, 1.82) is 0 Å². The number of esters is 3. The Morgan fingerprint density at radius 1 is 0.396 bits per heavy atom. The highest BCUT2D eigenvalue weighted by molar-refractivity contribution is 5.71. The Hall–Kier alpha value is -1.59. The van der Waals surface area contributed by atoms with Gasteiger partial charge >= 0.3 is 17.9 Å². The molecule has 6 heteroatoms. The molecule has 0 aliphatic carbocycles. The first-order chi connectivity index (χ1) is 23.2. The minimum absolute atomic E-state index is 0.0670. The molecule has 0 heterocycles. The zero-order valence-electron chi connectivity index (χ0n) is 32.6. The summed E-state index contributed by atoms with van der Waals surface area (Å²) < 4.78 is 16.5. The smallest absolute Gasteiger partial charge is 0.306 e. The molecular weight excluding hydrogens is 600 g/mol. The Balaban J connectivity index is 4.20. The van der Waals surface area contributed by atoms with E-state index in [0.29, 0.717) is 19.3 Å². The first-order valence-electron chi connectivity index (χ1n) is 20.7. The van der Waals surface area contributed by atoms with Crippen LogP contribution in [0.4, 0.5) is 0 Å². The zero-order valence-corrected chi connectivity index (χ0v) is 32.6. The van der Waals surface area contributed by atoms with Gasteiger partial charge in [-0.3, -0.25) is 14.4 Å². The van der Waals surface area contributed by atoms with Crippen molar-refractivity contribution in [3.63, 3.8) is 0 Å². The van der Waals surface area contributed by atoms with Crippen molar-refractivity contribution in [2.24, 2.45) is 11.8 Å². The van der Waals surface area contributed by atoms with E-state index in [-0.39, 0.29) is 31.1 Å². The zero-order chi connectivity index (χ0) is 35.5. The summed E-state index contributed by atoms with van der Waals surface area (Å²) in [7, 11) is 0. The maximum absolute atomic E-state index is 12.6. The normalized spacial score (nSPS) is 12.1. The van der Waals surface area contributed by atoms with Crippen LogP contribution < -0.4 is 0 Å². The molecule has 0 rings (SSSR count). The van der Waals surface area contributed by atoms with E-state index in [1.54, 1.807) is 0 Å². The molecule has 0 aromatic carbocycles. The number of carbonyl (C=O) groups excluding carboxylic acids is 3. The first kappa shape index (κ1) is 46.4. The maximum atomic E-state index is 12.6. The summed E-state index contributed by atoms with van der Waals surface area (Å²) in [6.07, 6.45) is 31.3. The third kappa shape index (κ3) is 35.7. The van der Waals surface area contributed by atoms with E-state index in [1.807, 2.05) is 0 Å². The van der Waals surface area contributed by atoms with Gasteiger partial charge in [0.25, 0.3) is 0 Å². The lowest BCUT2D eigenvalue weighted by atomic mass is 10.0. The predicted octanol–water partition coefficient (Wildman–Crippen LogP) is 12.6. The van der Waals surface area contributed by atoms with E-state index in [0.717, 1.165) is 76.0 Å². The van der Waals surface area contributed by atoms with Crippen LogP contribution in [0.25, 0.3) is 0 Å². The minimum Gasteiger partial charge on any atom is -0.462 e. The van der Waals surface area contributed by atoms with Crippen molar-refractivity contribution in [2.75, 3.05) is 13.2 Å². The molecular formula is C42H80O6. The molecule has 0 aliphatic heterocycles. The van der Waals surface area contributed by atoms with Crippen LogP contribution in [0.2, 0.25) is 0 Å². The van der Waals surface area contributed by atoms with Crippen LogP contribution in [0.1, 0.15) is 221 Å². The molecule has 48 heavy (non-hydrogen) atoms. The second kappa shape index (κ2) is 35.2. The number of hydrogen-bond donors (Lipinski definition) is 0. The van der Waals surface area contributed by atoms with Gasteiger partial charge in [0.15, 0.2) is 6.10 Å². The van der Waals surface area contributed by atoms with Gasteiger partial charge in [0, 0.05) is 19.3 Å². The average Bonchev–Trinajstić information content (AvgIpc) is 3.04. The second-order valence-electron chi connectivity index (χ2n) is 15.2. The van der Waals surface area contributed by atoms with Crippen molar-refractivity contribution < 1.29 is 28.6 Å². The summed E-state index contributed by atoms with van der Waals surface area (Å²) in [5.74, 6) is 0.732. The van der Waals surface area contributed by atoms with E-state index >= 15 is 0 Å². The summed E-state index contributed by atoms with van der Waals surface area (Å²) in [4.78, 5) is 37.3. The van der Waals surface area contributed by atoms with Gasteiger partial charge in [-0.2, -0.15) is 0 Å². The Morgan fingerprint density at radius 3 is 1.02 bits per heavy atom. The largest absolute Gasteiger partial charge is 0.462 e. The van der Waals surface area contributed by atoms with Gasteiger partial charge in [-0.1, -0.05) is 182 Å². The van der Waals surface area contributed by atoms with Crippen LogP contribution in [0.5, 0.6) is 0 Å². The van der Waals surface area contributed by atoms with Gasteiger partial charge in [0.1, 0.15) is 13.2 Å². The Morgan fingerprint density at radius 2 is 0.688 bits per heavy atom. The molecule has 0 fully saturated rings. The molecule has 0 saturated carbocycles. The van der Waals surface area contributed by atoms with Crippen molar-refractivity contribution in [3.8, 4) is 0 Å². The third-order valence-electron chi connectivity index (χ3n) is 9.22. The fraction of sp³-hybridized carbons (Fsp3) is 0.929. The SMILES string of the molecule is CCCCCCCC(=O)OC[C@@H](COC(=O)CCCCCCCCCCCCCCC(C)C)OC(=O)CCCCCCCCCC(C)C. The fourth-order valence-corrected chi connectivity index (χ4v) is 6.05. The quantitative estimate of drug-likeness (QED) is 0.0372. The Kier molecular flexibility index (Phi) is 34.1. The lowest BCUT2D eigenvalue weighted by molar-refractivity contribution is -0.167. The first-order valence-corrected chi connectivity index (χ1v) is 20.7. The van der Waals surface area contributed by atoms with Crippen molar-refractivity contribution in [3.05, 3.63) is 0 Å². The molecule has 0 saturated heterocycles. The highest BCUT2D eigenvalue weighted by atomic mass is 16.6. The molecule has 0 radical (unpaired) electrons. The van der Waals surface area contributed by atoms with Crippen molar-refractivity contribution in [1.82, 2.24) is 0 Å².